The van der Waals surface area contributed by atoms with Gasteiger partial charge in [0.1, 0.15) is 5.82 Å². The monoisotopic (exact) mass is 468 g/mol. The number of carbonyl (C=O) groups is 2. The van der Waals surface area contributed by atoms with E-state index in [9.17, 15) is 22.4 Å². The van der Waals surface area contributed by atoms with Crippen molar-refractivity contribution in [3.05, 3.63) is 64.4 Å². The second kappa shape index (κ2) is 9.76. The predicted molar refractivity (Wildman–Crippen MR) is 115 cm³/mol. The lowest BCUT2D eigenvalue weighted by Crippen LogP contribution is -2.42. The van der Waals surface area contributed by atoms with Gasteiger partial charge in [-0.25, -0.2) is 21.9 Å². The topological polar surface area (TPSA) is 92.8 Å². The molecule has 0 unspecified atom stereocenters. The van der Waals surface area contributed by atoms with Crippen LogP contribution in [0.2, 0.25) is 5.02 Å². The number of ether oxygens (including phenoxy) is 1. The molecule has 2 aromatic carbocycles. The van der Waals surface area contributed by atoms with Gasteiger partial charge in [0, 0.05) is 24.6 Å². The van der Waals surface area contributed by atoms with Crippen LogP contribution in [0.15, 0.2) is 42.5 Å². The molecule has 1 fully saturated rings. The van der Waals surface area contributed by atoms with E-state index < -0.39 is 33.5 Å². The molecule has 0 atom stereocenters. The van der Waals surface area contributed by atoms with Crippen LogP contribution in [0, 0.1) is 11.7 Å². The van der Waals surface area contributed by atoms with E-state index in [0.717, 1.165) is 0 Å². The van der Waals surface area contributed by atoms with Crippen LogP contribution in [0.1, 0.15) is 28.8 Å². The van der Waals surface area contributed by atoms with Crippen LogP contribution in [0.4, 0.5) is 10.1 Å². The van der Waals surface area contributed by atoms with Gasteiger partial charge in [-0.1, -0.05) is 29.8 Å². The molecule has 2 aromatic rings. The van der Waals surface area contributed by atoms with Crippen molar-refractivity contribution in [2.24, 2.45) is 5.92 Å². The van der Waals surface area contributed by atoms with Crippen LogP contribution in [0.3, 0.4) is 0 Å². The predicted octanol–water partition coefficient (Wildman–Crippen LogP) is 3.45. The van der Waals surface area contributed by atoms with Gasteiger partial charge in [-0.15, -0.1) is 0 Å². The van der Waals surface area contributed by atoms with Crippen molar-refractivity contribution in [2.45, 2.75) is 18.6 Å². The molecular formula is C21H22ClFN2O5S. The Hall–Kier alpha value is -2.49. The molecule has 1 N–H and O–H groups in total. The van der Waals surface area contributed by atoms with Crippen LogP contribution in [-0.2, 0) is 25.3 Å². The van der Waals surface area contributed by atoms with Crippen molar-refractivity contribution in [3.8, 4) is 0 Å². The van der Waals surface area contributed by atoms with Crippen molar-refractivity contribution < 1.29 is 27.1 Å². The molecule has 10 heteroatoms. The number of nitrogens with zero attached hydrogens (tertiary/aromatic N) is 1. The highest BCUT2D eigenvalue weighted by Crippen LogP contribution is 2.27. The standard InChI is InChI=1S/C21H22ClFN2O5S/c1-30-21(27)15-6-7-17(22)19(12-15)24-20(26)14-8-10-25(11-9-14)31(28,29)13-16-4-2-3-5-18(16)23/h2-7,12,14H,8-11,13H2,1H3,(H,24,26). The smallest absolute Gasteiger partial charge is 0.337 e. The van der Waals surface area contributed by atoms with Gasteiger partial charge in [0.25, 0.3) is 0 Å². The summed E-state index contributed by atoms with van der Waals surface area (Å²) in [6.07, 6.45) is 0.632. The van der Waals surface area contributed by atoms with Crippen molar-refractivity contribution in [1.82, 2.24) is 4.31 Å². The highest BCUT2D eigenvalue weighted by atomic mass is 35.5. The fourth-order valence-corrected chi connectivity index (χ4v) is 5.14. The Morgan fingerprint density at radius 3 is 2.52 bits per heavy atom. The number of carbonyl (C=O) groups excluding carboxylic acids is 2. The summed E-state index contributed by atoms with van der Waals surface area (Å²) in [5.74, 6) is -2.27. The van der Waals surface area contributed by atoms with Gasteiger partial charge in [0.15, 0.2) is 0 Å². The number of amides is 1. The lowest BCUT2D eigenvalue weighted by atomic mass is 9.97. The molecule has 31 heavy (non-hydrogen) atoms. The van der Waals surface area contributed by atoms with E-state index in [-0.39, 0.29) is 40.8 Å². The summed E-state index contributed by atoms with van der Waals surface area (Å²) in [6, 6.07) is 10.2. The summed E-state index contributed by atoms with van der Waals surface area (Å²) in [7, 11) is -2.45. The molecular weight excluding hydrogens is 447 g/mol. The first-order valence-electron chi connectivity index (χ1n) is 9.61. The minimum Gasteiger partial charge on any atom is -0.465 e. The maximum atomic E-state index is 13.8. The third kappa shape index (κ3) is 5.61. The number of piperidine rings is 1. The summed E-state index contributed by atoms with van der Waals surface area (Å²) in [4.78, 5) is 24.3. The molecule has 0 aliphatic carbocycles. The van der Waals surface area contributed by atoms with Crippen molar-refractivity contribution in [3.63, 3.8) is 0 Å². The molecule has 0 bridgehead atoms. The van der Waals surface area contributed by atoms with Crippen LogP contribution < -0.4 is 5.32 Å². The molecule has 0 saturated carbocycles. The molecule has 0 radical (unpaired) electrons. The van der Waals surface area contributed by atoms with Gasteiger partial charge in [-0.3, -0.25) is 4.79 Å². The van der Waals surface area contributed by atoms with E-state index >= 15 is 0 Å². The second-order valence-corrected chi connectivity index (χ2v) is 9.57. The van der Waals surface area contributed by atoms with Gasteiger partial charge in [0.05, 0.1) is 29.1 Å². The average molecular weight is 469 g/mol. The van der Waals surface area contributed by atoms with Crippen molar-refractivity contribution >= 4 is 39.2 Å². The normalized spacial score (nSPS) is 15.5. The zero-order valence-corrected chi connectivity index (χ0v) is 18.4. The summed E-state index contributed by atoms with van der Waals surface area (Å²) < 4.78 is 45.1. The molecule has 166 valence electrons. The van der Waals surface area contributed by atoms with E-state index in [0.29, 0.717) is 12.8 Å². The van der Waals surface area contributed by atoms with Crippen LogP contribution in [0.5, 0.6) is 0 Å². The van der Waals surface area contributed by atoms with Crippen LogP contribution in [0.25, 0.3) is 0 Å². The van der Waals surface area contributed by atoms with Gasteiger partial charge >= 0.3 is 5.97 Å². The lowest BCUT2D eigenvalue weighted by Gasteiger charge is -2.30. The maximum Gasteiger partial charge on any atom is 0.337 e. The molecule has 0 spiro atoms. The fourth-order valence-electron chi connectivity index (χ4n) is 3.40. The second-order valence-electron chi connectivity index (χ2n) is 7.20. The van der Waals surface area contributed by atoms with Crippen LogP contribution >= 0.6 is 11.6 Å². The number of methoxy groups -OCH3 is 1. The van der Waals surface area contributed by atoms with Crippen molar-refractivity contribution in [2.75, 3.05) is 25.5 Å². The van der Waals surface area contributed by atoms with Crippen molar-refractivity contribution in [1.29, 1.82) is 0 Å². The number of anilines is 1. The Morgan fingerprint density at radius 2 is 1.87 bits per heavy atom. The highest BCUT2D eigenvalue weighted by Gasteiger charge is 2.32. The zero-order chi connectivity index (χ0) is 22.6. The molecule has 3 rings (SSSR count). The molecule has 1 saturated heterocycles. The Kier molecular flexibility index (Phi) is 7.30. The van der Waals surface area contributed by atoms with E-state index in [1.165, 1.54) is 47.8 Å². The van der Waals surface area contributed by atoms with Gasteiger partial charge in [0.2, 0.25) is 15.9 Å². The molecule has 7 nitrogen and oxygen atoms in total. The Labute approximate surface area is 185 Å². The van der Waals surface area contributed by atoms with E-state index in [4.69, 9.17) is 11.6 Å². The Bertz CT molecular complexity index is 1080. The number of esters is 1. The first-order chi connectivity index (χ1) is 14.7. The van der Waals surface area contributed by atoms with Gasteiger partial charge in [-0.05, 0) is 37.1 Å². The molecule has 0 aromatic heterocycles. The van der Waals surface area contributed by atoms with E-state index in [2.05, 4.69) is 10.1 Å². The first-order valence-corrected chi connectivity index (χ1v) is 11.6. The number of hydrogen-bond acceptors (Lipinski definition) is 5. The largest absolute Gasteiger partial charge is 0.465 e. The van der Waals surface area contributed by atoms with Gasteiger partial charge in [-0.2, -0.15) is 0 Å². The molecule has 1 aliphatic heterocycles. The maximum absolute atomic E-state index is 13.8. The number of nitrogens with one attached hydrogen (secondary N) is 1. The fraction of sp³-hybridized carbons (Fsp3) is 0.333. The van der Waals surface area contributed by atoms with Crippen LogP contribution in [-0.4, -0.2) is 44.8 Å². The third-order valence-corrected chi connectivity index (χ3v) is 7.32. The first kappa shape index (κ1) is 23.2. The summed E-state index contributed by atoms with van der Waals surface area (Å²) in [6.45, 7) is 0.315. The van der Waals surface area contributed by atoms with E-state index in [1.54, 1.807) is 6.07 Å². The Morgan fingerprint density at radius 1 is 1.19 bits per heavy atom. The number of hydrogen-bond donors (Lipinski definition) is 1. The minimum atomic E-state index is -3.70. The average Bonchev–Trinajstić information content (AvgIpc) is 2.76. The minimum absolute atomic E-state index is 0.113. The Balaban J connectivity index is 1.61. The number of rotatable bonds is 6. The molecule has 1 amide bonds. The molecule has 1 heterocycles. The lowest BCUT2D eigenvalue weighted by molar-refractivity contribution is -0.120. The summed E-state index contributed by atoms with van der Waals surface area (Å²) >= 11 is 6.11. The van der Waals surface area contributed by atoms with Gasteiger partial charge < -0.3 is 10.1 Å². The van der Waals surface area contributed by atoms with E-state index in [1.807, 2.05) is 0 Å². The number of sulfonamides is 1. The zero-order valence-electron chi connectivity index (χ0n) is 16.8. The third-order valence-electron chi connectivity index (χ3n) is 5.16. The quantitative estimate of drug-likeness (QED) is 0.655. The summed E-state index contributed by atoms with van der Waals surface area (Å²) in [5, 5.41) is 2.97. The SMILES string of the molecule is COC(=O)c1ccc(Cl)c(NC(=O)C2CCN(S(=O)(=O)Cc3ccccc3F)CC2)c1. The molecule has 1 aliphatic rings. The number of halogens is 2. The number of benzene rings is 2. The summed E-state index contributed by atoms with van der Waals surface area (Å²) in [5.41, 5.74) is 0.642. The highest BCUT2D eigenvalue weighted by molar-refractivity contribution is 7.88.